The lowest BCUT2D eigenvalue weighted by molar-refractivity contribution is 0.982. The Kier molecular flexibility index (Phi) is 5.63. The normalized spacial score (nSPS) is 12.0. The highest BCUT2D eigenvalue weighted by Gasteiger charge is 2.22. The van der Waals surface area contributed by atoms with Crippen LogP contribution in [0.3, 0.4) is 0 Å². The molecule has 3 heterocycles. The van der Waals surface area contributed by atoms with Gasteiger partial charge in [0, 0.05) is 21.5 Å². The van der Waals surface area contributed by atoms with Crippen molar-refractivity contribution in [1.29, 1.82) is 0 Å². The van der Waals surface area contributed by atoms with Gasteiger partial charge in [-0.3, -0.25) is 8.97 Å². The summed E-state index contributed by atoms with van der Waals surface area (Å²) in [6, 6.07) is 60.8. The highest BCUT2D eigenvalue weighted by molar-refractivity contribution is 6.22. The molecular formula is C46H28N4. The molecule has 0 saturated carbocycles. The van der Waals surface area contributed by atoms with Crippen molar-refractivity contribution in [1.82, 2.24) is 18.9 Å². The third kappa shape index (κ3) is 3.81. The Hall–Kier alpha value is -6.78. The zero-order valence-electron chi connectivity index (χ0n) is 27.0. The minimum atomic E-state index is 0.830. The Morgan fingerprint density at radius 3 is 1.80 bits per heavy atom. The van der Waals surface area contributed by atoms with E-state index in [1.54, 1.807) is 0 Å². The fraction of sp³-hybridized carbons (Fsp3) is 0. The van der Waals surface area contributed by atoms with Crippen LogP contribution in [0.25, 0.3) is 99.1 Å². The van der Waals surface area contributed by atoms with Gasteiger partial charge in [-0.05, 0) is 74.8 Å². The van der Waals surface area contributed by atoms with E-state index in [0.29, 0.717) is 0 Å². The van der Waals surface area contributed by atoms with Crippen molar-refractivity contribution >= 4 is 70.9 Å². The van der Waals surface area contributed by atoms with E-state index in [0.717, 1.165) is 44.6 Å². The first-order valence-electron chi connectivity index (χ1n) is 17.0. The van der Waals surface area contributed by atoms with Gasteiger partial charge in [0.05, 0.1) is 27.6 Å². The monoisotopic (exact) mass is 636 g/mol. The van der Waals surface area contributed by atoms with Crippen molar-refractivity contribution in [2.45, 2.75) is 0 Å². The Balaban J connectivity index is 1.21. The van der Waals surface area contributed by atoms with E-state index in [4.69, 9.17) is 9.97 Å². The van der Waals surface area contributed by atoms with Crippen molar-refractivity contribution in [3.8, 4) is 28.2 Å². The number of rotatable bonds is 3. The van der Waals surface area contributed by atoms with E-state index in [9.17, 15) is 0 Å². The van der Waals surface area contributed by atoms with E-state index < -0.39 is 0 Å². The number of para-hydroxylation sites is 4. The van der Waals surface area contributed by atoms with Gasteiger partial charge in [0.15, 0.2) is 0 Å². The van der Waals surface area contributed by atoms with Crippen LogP contribution in [0.4, 0.5) is 0 Å². The van der Waals surface area contributed by atoms with Crippen LogP contribution < -0.4 is 0 Å². The zero-order chi connectivity index (χ0) is 32.8. The van der Waals surface area contributed by atoms with E-state index >= 15 is 0 Å². The molecule has 50 heavy (non-hydrogen) atoms. The second kappa shape index (κ2) is 10.4. The molecule has 8 aromatic carbocycles. The molecule has 0 amide bonds. The molecular weight excluding hydrogens is 609 g/mol. The molecule has 0 N–H and O–H groups in total. The molecule has 4 nitrogen and oxygen atoms in total. The highest BCUT2D eigenvalue weighted by Crippen LogP contribution is 2.42. The number of nitrogens with zero attached hydrogens (tertiary/aromatic N) is 4. The molecule has 0 fully saturated rings. The summed E-state index contributed by atoms with van der Waals surface area (Å²) in [6.45, 7) is 0. The number of hydrogen-bond donors (Lipinski definition) is 0. The summed E-state index contributed by atoms with van der Waals surface area (Å²) < 4.78 is 4.59. The molecule has 0 unspecified atom stereocenters. The summed E-state index contributed by atoms with van der Waals surface area (Å²) in [5.74, 6) is 0.830. The summed E-state index contributed by atoms with van der Waals surface area (Å²) in [7, 11) is 0. The maximum Gasteiger partial charge on any atom is 0.221 e. The third-order valence-electron chi connectivity index (χ3n) is 10.3. The molecule has 4 heteroatoms. The van der Waals surface area contributed by atoms with Gasteiger partial charge >= 0.3 is 0 Å². The molecule has 0 spiro atoms. The van der Waals surface area contributed by atoms with Gasteiger partial charge in [0.25, 0.3) is 0 Å². The van der Waals surface area contributed by atoms with Crippen molar-refractivity contribution in [2.24, 2.45) is 0 Å². The fourth-order valence-electron chi connectivity index (χ4n) is 8.05. The van der Waals surface area contributed by atoms with Crippen LogP contribution >= 0.6 is 0 Å². The number of hydrogen-bond acceptors (Lipinski definition) is 2. The van der Waals surface area contributed by atoms with Crippen LogP contribution in [0, 0.1) is 0 Å². The molecule has 0 aliphatic heterocycles. The van der Waals surface area contributed by atoms with Crippen LogP contribution in [-0.2, 0) is 0 Å². The Labute approximate surface area is 287 Å². The first kappa shape index (κ1) is 27.2. The number of benzene rings is 8. The van der Waals surface area contributed by atoms with E-state index in [-0.39, 0.29) is 0 Å². The van der Waals surface area contributed by atoms with Gasteiger partial charge in [-0.15, -0.1) is 0 Å². The summed E-state index contributed by atoms with van der Waals surface area (Å²) in [5, 5.41) is 8.33. The first-order valence-corrected chi connectivity index (χ1v) is 17.0. The Morgan fingerprint density at radius 2 is 0.980 bits per heavy atom. The molecule has 0 saturated heterocycles. The number of fused-ring (bicyclic) bond motifs is 11. The van der Waals surface area contributed by atoms with Gasteiger partial charge < -0.3 is 0 Å². The molecule has 0 bridgehead atoms. The van der Waals surface area contributed by atoms with Crippen molar-refractivity contribution in [3.05, 3.63) is 170 Å². The van der Waals surface area contributed by atoms with E-state index in [1.165, 1.54) is 54.6 Å². The molecule has 0 aliphatic carbocycles. The first-order chi connectivity index (χ1) is 24.8. The Bertz CT molecular complexity index is 3140. The summed E-state index contributed by atoms with van der Waals surface area (Å²) in [5.41, 5.74) is 10.9. The quantitative estimate of drug-likeness (QED) is 0.193. The smallest absolute Gasteiger partial charge is 0.221 e. The van der Waals surface area contributed by atoms with Crippen LogP contribution in [0.5, 0.6) is 0 Å². The average Bonchev–Trinajstić information content (AvgIpc) is 3.74. The van der Waals surface area contributed by atoms with Crippen LogP contribution in [0.1, 0.15) is 0 Å². The van der Waals surface area contributed by atoms with Crippen LogP contribution in [0.15, 0.2) is 170 Å². The topological polar surface area (TPSA) is 35.1 Å². The van der Waals surface area contributed by atoms with E-state index in [1.807, 2.05) is 6.07 Å². The maximum absolute atomic E-state index is 5.40. The Morgan fingerprint density at radius 1 is 0.380 bits per heavy atom. The SMILES string of the molecule is c1ccc2c(-c3ccc(-c4cc5c6ccccc6n(-c6nc7ccccc7c7nc8ccccc8n67)c5c5ccccc45)cc3)cccc2c1. The minimum absolute atomic E-state index is 0.830. The van der Waals surface area contributed by atoms with Crippen molar-refractivity contribution in [3.63, 3.8) is 0 Å². The third-order valence-corrected chi connectivity index (χ3v) is 10.3. The van der Waals surface area contributed by atoms with Crippen LogP contribution in [0.2, 0.25) is 0 Å². The largest absolute Gasteiger partial charge is 0.278 e. The van der Waals surface area contributed by atoms with Gasteiger partial charge in [-0.1, -0.05) is 133 Å². The maximum atomic E-state index is 5.40. The summed E-state index contributed by atoms with van der Waals surface area (Å²) in [6.07, 6.45) is 0. The second-order valence-electron chi connectivity index (χ2n) is 13.0. The summed E-state index contributed by atoms with van der Waals surface area (Å²) >= 11 is 0. The molecule has 0 atom stereocenters. The highest BCUT2D eigenvalue weighted by atomic mass is 15.2. The van der Waals surface area contributed by atoms with Gasteiger partial charge in [0.2, 0.25) is 5.95 Å². The van der Waals surface area contributed by atoms with Gasteiger partial charge in [-0.2, -0.15) is 0 Å². The molecule has 232 valence electrons. The number of imidazole rings is 1. The minimum Gasteiger partial charge on any atom is -0.278 e. The fourth-order valence-corrected chi connectivity index (χ4v) is 8.05. The average molecular weight is 637 g/mol. The predicted molar refractivity (Wildman–Crippen MR) is 208 cm³/mol. The number of aromatic nitrogens is 4. The van der Waals surface area contributed by atoms with Crippen molar-refractivity contribution < 1.29 is 0 Å². The lowest BCUT2D eigenvalue weighted by Crippen LogP contribution is -2.06. The molecule has 11 aromatic rings. The molecule has 11 rings (SSSR count). The van der Waals surface area contributed by atoms with Crippen LogP contribution in [-0.4, -0.2) is 18.9 Å². The molecule has 3 aromatic heterocycles. The van der Waals surface area contributed by atoms with Crippen molar-refractivity contribution in [2.75, 3.05) is 0 Å². The lowest BCUT2D eigenvalue weighted by Gasteiger charge is -2.15. The van der Waals surface area contributed by atoms with Gasteiger partial charge in [0.1, 0.15) is 5.65 Å². The molecule has 0 aliphatic rings. The predicted octanol–water partition coefficient (Wildman–Crippen LogP) is 11.8. The summed E-state index contributed by atoms with van der Waals surface area (Å²) in [4.78, 5) is 10.5. The second-order valence-corrected chi connectivity index (χ2v) is 13.0. The van der Waals surface area contributed by atoms with Gasteiger partial charge in [-0.25, -0.2) is 9.97 Å². The lowest BCUT2D eigenvalue weighted by atomic mass is 9.93. The standard InChI is InChI=1S/C46H28N4/c1-2-14-32-29(12-1)13-11-19-33(32)30-24-26-31(27-25-30)38-28-39-35-16-6-9-22-42(35)49(44(39)36-17-4-3-15-34(36)38)46-48-40-20-7-5-18-37(40)45-47-41-21-8-10-23-43(41)50(45)46/h1-28H. The zero-order valence-corrected chi connectivity index (χ0v) is 27.0. The van der Waals surface area contributed by atoms with E-state index in [2.05, 4.69) is 173 Å². The molecule has 0 radical (unpaired) electrons.